The van der Waals surface area contributed by atoms with E-state index in [0.717, 1.165) is 37.4 Å². The molecule has 0 saturated carbocycles. The van der Waals surface area contributed by atoms with E-state index in [1.54, 1.807) is 0 Å². The SMILES string of the molecule is Cc1ccc(-c2noc(CN3CCN(c4nc(N)nc(Nc5ccccc5)n4)CC3)n2)cc1. The Morgan fingerprint density at radius 2 is 1.67 bits per heavy atom. The standard InChI is InChI=1S/C23H25N9O/c1-16-7-9-17(10-8-16)20-26-19(33-30-20)15-31-11-13-32(14-12-31)23-28-21(24)27-22(29-23)25-18-5-3-2-4-6-18/h2-10H,11-15H2,1H3,(H3,24,25,27,28,29). The van der Waals surface area contributed by atoms with Gasteiger partial charge in [0.1, 0.15) is 0 Å². The number of nitrogens with zero attached hydrogens (tertiary/aromatic N) is 7. The van der Waals surface area contributed by atoms with E-state index >= 15 is 0 Å². The summed E-state index contributed by atoms with van der Waals surface area (Å²) in [5.41, 5.74) is 8.98. The number of nitrogens with two attached hydrogens (primary N) is 1. The molecule has 168 valence electrons. The number of benzene rings is 2. The molecule has 0 atom stereocenters. The molecule has 33 heavy (non-hydrogen) atoms. The first kappa shape index (κ1) is 20.8. The Morgan fingerprint density at radius 3 is 2.42 bits per heavy atom. The number of nitrogens with one attached hydrogen (secondary N) is 1. The number of anilines is 4. The molecule has 1 saturated heterocycles. The van der Waals surface area contributed by atoms with Crippen LogP contribution in [0.4, 0.5) is 23.5 Å². The van der Waals surface area contributed by atoms with Gasteiger partial charge in [0.2, 0.25) is 29.6 Å². The van der Waals surface area contributed by atoms with Gasteiger partial charge in [-0.3, -0.25) is 4.90 Å². The van der Waals surface area contributed by atoms with Crippen LogP contribution in [0.3, 0.4) is 0 Å². The van der Waals surface area contributed by atoms with Crippen LogP contribution in [0.5, 0.6) is 0 Å². The molecule has 10 heteroatoms. The van der Waals surface area contributed by atoms with Gasteiger partial charge in [-0.1, -0.05) is 53.2 Å². The number of hydrogen-bond donors (Lipinski definition) is 2. The van der Waals surface area contributed by atoms with Crippen molar-refractivity contribution >= 4 is 23.5 Å². The predicted octanol–water partition coefficient (Wildman–Crippen LogP) is 2.88. The molecule has 0 aliphatic carbocycles. The Bertz CT molecular complexity index is 1200. The minimum atomic E-state index is 0.190. The lowest BCUT2D eigenvalue weighted by molar-refractivity contribution is 0.214. The fourth-order valence-corrected chi connectivity index (χ4v) is 3.66. The van der Waals surface area contributed by atoms with Gasteiger partial charge >= 0.3 is 0 Å². The topological polar surface area (TPSA) is 122 Å². The minimum Gasteiger partial charge on any atom is -0.368 e. The Balaban J connectivity index is 1.20. The second-order valence-corrected chi connectivity index (χ2v) is 7.95. The van der Waals surface area contributed by atoms with Gasteiger partial charge in [0.25, 0.3) is 0 Å². The third-order valence-electron chi connectivity index (χ3n) is 5.46. The van der Waals surface area contributed by atoms with Crippen LogP contribution < -0.4 is 16.0 Å². The summed E-state index contributed by atoms with van der Waals surface area (Å²) in [5.74, 6) is 2.41. The normalized spacial score (nSPS) is 14.4. The van der Waals surface area contributed by atoms with Gasteiger partial charge in [0, 0.05) is 37.4 Å². The van der Waals surface area contributed by atoms with Crippen molar-refractivity contribution in [3.63, 3.8) is 0 Å². The lowest BCUT2D eigenvalue weighted by Gasteiger charge is -2.33. The van der Waals surface area contributed by atoms with Crippen molar-refractivity contribution in [3.05, 3.63) is 66.1 Å². The van der Waals surface area contributed by atoms with E-state index in [0.29, 0.717) is 30.2 Å². The first-order valence-electron chi connectivity index (χ1n) is 10.8. The zero-order chi connectivity index (χ0) is 22.6. The number of para-hydroxylation sites is 1. The third-order valence-corrected chi connectivity index (χ3v) is 5.46. The average Bonchev–Trinajstić information content (AvgIpc) is 3.29. The van der Waals surface area contributed by atoms with Crippen LogP contribution in [-0.2, 0) is 6.54 Å². The smallest absolute Gasteiger partial charge is 0.241 e. The number of piperazine rings is 1. The van der Waals surface area contributed by atoms with Crippen molar-refractivity contribution in [2.24, 2.45) is 0 Å². The molecule has 0 bridgehead atoms. The summed E-state index contributed by atoms with van der Waals surface area (Å²) in [6.45, 7) is 5.80. The highest BCUT2D eigenvalue weighted by Gasteiger charge is 2.22. The molecular weight excluding hydrogens is 418 g/mol. The van der Waals surface area contributed by atoms with Gasteiger partial charge in [-0.05, 0) is 19.1 Å². The van der Waals surface area contributed by atoms with Gasteiger partial charge < -0.3 is 20.5 Å². The fraction of sp³-hybridized carbons (Fsp3) is 0.261. The summed E-state index contributed by atoms with van der Waals surface area (Å²) in [4.78, 5) is 22.0. The molecule has 0 unspecified atom stereocenters. The van der Waals surface area contributed by atoms with Crippen LogP contribution in [0, 0.1) is 6.92 Å². The van der Waals surface area contributed by atoms with Crippen molar-refractivity contribution in [1.82, 2.24) is 30.0 Å². The van der Waals surface area contributed by atoms with Gasteiger partial charge in [0.05, 0.1) is 6.54 Å². The Kier molecular flexibility index (Phi) is 5.81. The number of rotatable bonds is 6. The molecule has 5 rings (SSSR count). The molecule has 0 radical (unpaired) electrons. The first-order chi connectivity index (χ1) is 16.1. The lowest BCUT2D eigenvalue weighted by atomic mass is 10.1. The molecule has 4 aromatic rings. The van der Waals surface area contributed by atoms with Crippen molar-refractivity contribution in [2.75, 3.05) is 42.1 Å². The number of hydrogen-bond acceptors (Lipinski definition) is 10. The Hall–Kier alpha value is -4.05. The van der Waals surface area contributed by atoms with Gasteiger partial charge in [-0.2, -0.15) is 19.9 Å². The largest absolute Gasteiger partial charge is 0.368 e. The summed E-state index contributed by atoms with van der Waals surface area (Å²) in [7, 11) is 0. The van der Waals surface area contributed by atoms with Crippen molar-refractivity contribution in [1.29, 1.82) is 0 Å². The summed E-state index contributed by atoms with van der Waals surface area (Å²) >= 11 is 0. The molecule has 3 heterocycles. The van der Waals surface area contributed by atoms with Gasteiger partial charge in [0.15, 0.2) is 0 Å². The summed E-state index contributed by atoms with van der Waals surface area (Å²) in [6, 6.07) is 17.8. The summed E-state index contributed by atoms with van der Waals surface area (Å²) in [5, 5.41) is 7.30. The first-order valence-corrected chi connectivity index (χ1v) is 10.8. The second kappa shape index (κ2) is 9.21. The molecule has 1 aliphatic rings. The maximum absolute atomic E-state index is 5.94. The lowest BCUT2D eigenvalue weighted by Crippen LogP contribution is -2.46. The molecule has 2 aromatic heterocycles. The van der Waals surface area contributed by atoms with Crippen LogP contribution in [-0.4, -0.2) is 56.2 Å². The van der Waals surface area contributed by atoms with Gasteiger partial charge in [-0.25, -0.2) is 0 Å². The van der Waals surface area contributed by atoms with Crippen molar-refractivity contribution in [3.8, 4) is 11.4 Å². The molecule has 2 aromatic carbocycles. The number of aryl methyl sites for hydroxylation is 1. The predicted molar refractivity (Wildman–Crippen MR) is 126 cm³/mol. The van der Waals surface area contributed by atoms with Crippen LogP contribution in [0.2, 0.25) is 0 Å². The minimum absolute atomic E-state index is 0.190. The highest BCUT2D eigenvalue weighted by molar-refractivity contribution is 5.55. The maximum atomic E-state index is 5.94. The van der Waals surface area contributed by atoms with E-state index in [1.807, 2.05) is 54.6 Å². The van der Waals surface area contributed by atoms with Crippen LogP contribution >= 0.6 is 0 Å². The zero-order valence-corrected chi connectivity index (χ0v) is 18.3. The van der Waals surface area contributed by atoms with Crippen LogP contribution in [0.25, 0.3) is 11.4 Å². The number of nitrogen functional groups attached to an aromatic ring is 1. The molecule has 10 nitrogen and oxygen atoms in total. The van der Waals surface area contributed by atoms with E-state index < -0.39 is 0 Å². The highest BCUT2D eigenvalue weighted by atomic mass is 16.5. The highest BCUT2D eigenvalue weighted by Crippen LogP contribution is 2.20. The second-order valence-electron chi connectivity index (χ2n) is 7.95. The molecule has 1 aliphatic heterocycles. The zero-order valence-electron chi connectivity index (χ0n) is 18.3. The van der Waals surface area contributed by atoms with Crippen molar-refractivity contribution < 1.29 is 4.52 Å². The Labute approximate surface area is 191 Å². The van der Waals surface area contributed by atoms with Crippen LogP contribution in [0.15, 0.2) is 59.1 Å². The van der Waals surface area contributed by atoms with Gasteiger partial charge in [-0.15, -0.1) is 0 Å². The fourth-order valence-electron chi connectivity index (χ4n) is 3.66. The van der Waals surface area contributed by atoms with E-state index in [2.05, 4.69) is 47.1 Å². The summed E-state index contributed by atoms with van der Waals surface area (Å²) in [6.07, 6.45) is 0. The molecule has 1 fully saturated rings. The van der Waals surface area contributed by atoms with E-state index in [-0.39, 0.29) is 5.95 Å². The van der Waals surface area contributed by atoms with Crippen LogP contribution in [0.1, 0.15) is 11.5 Å². The molecule has 3 N–H and O–H groups in total. The maximum Gasteiger partial charge on any atom is 0.241 e. The third kappa shape index (κ3) is 5.07. The quantitative estimate of drug-likeness (QED) is 0.460. The van der Waals surface area contributed by atoms with E-state index in [1.165, 1.54) is 5.56 Å². The molecule has 0 amide bonds. The average molecular weight is 444 g/mol. The summed E-state index contributed by atoms with van der Waals surface area (Å²) < 4.78 is 5.48. The molecule has 0 spiro atoms. The molecular formula is C23H25N9O. The number of aromatic nitrogens is 5. The monoisotopic (exact) mass is 443 g/mol. The Morgan fingerprint density at radius 1 is 0.909 bits per heavy atom. The van der Waals surface area contributed by atoms with Crippen molar-refractivity contribution in [2.45, 2.75) is 13.5 Å². The van der Waals surface area contributed by atoms with E-state index in [9.17, 15) is 0 Å². The van der Waals surface area contributed by atoms with E-state index in [4.69, 9.17) is 10.3 Å².